The fraction of sp³-hybridized carbons (Fsp3) is 0.700. The standard InChI is InChI=1S/2C10H17N3O/c1-8-10(11)6-12-13(8)7-9-2-4-14-5-3-9;1-8-10(11)7-13(12-8)6-9-2-4-14-5-3-9/h6,9H,2-5,7,11H2,1H3;7,9H,2-6,11H2,1H3. The van der Waals surface area contributed by atoms with Crippen LogP contribution < -0.4 is 11.5 Å². The minimum Gasteiger partial charge on any atom is -0.396 e. The first-order chi connectivity index (χ1) is 13.5. The minimum absolute atomic E-state index is 0.696. The fourth-order valence-electron chi connectivity index (χ4n) is 3.64. The van der Waals surface area contributed by atoms with Crippen molar-refractivity contribution < 1.29 is 9.47 Å². The third kappa shape index (κ3) is 5.72. The number of hydrogen-bond donors (Lipinski definition) is 2. The number of aromatic nitrogens is 4. The van der Waals surface area contributed by atoms with Gasteiger partial charge in [0.15, 0.2) is 0 Å². The van der Waals surface area contributed by atoms with Crippen molar-refractivity contribution in [3.8, 4) is 0 Å². The van der Waals surface area contributed by atoms with Gasteiger partial charge in [-0.3, -0.25) is 9.36 Å². The molecule has 4 N–H and O–H groups in total. The van der Waals surface area contributed by atoms with Gasteiger partial charge in [0.1, 0.15) is 0 Å². The topological polar surface area (TPSA) is 106 Å². The maximum atomic E-state index is 5.74. The molecule has 0 aromatic carbocycles. The molecule has 4 rings (SSSR count). The average Bonchev–Trinajstić information content (AvgIpc) is 3.19. The normalized spacial score (nSPS) is 18.6. The largest absolute Gasteiger partial charge is 0.396 e. The molecule has 0 atom stereocenters. The Bertz CT molecular complexity index is 710. The van der Waals surface area contributed by atoms with Gasteiger partial charge in [-0.2, -0.15) is 10.2 Å². The van der Waals surface area contributed by atoms with Gasteiger partial charge in [-0.05, 0) is 51.4 Å². The van der Waals surface area contributed by atoms with Crippen LogP contribution in [0.25, 0.3) is 0 Å². The van der Waals surface area contributed by atoms with Crippen LogP contribution in [0.5, 0.6) is 0 Å². The molecule has 156 valence electrons. The lowest BCUT2D eigenvalue weighted by Crippen LogP contribution is -2.21. The molecule has 0 aliphatic carbocycles. The lowest BCUT2D eigenvalue weighted by Gasteiger charge is -2.22. The number of anilines is 2. The quantitative estimate of drug-likeness (QED) is 0.830. The van der Waals surface area contributed by atoms with Crippen LogP contribution in [0.15, 0.2) is 12.4 Å². The van der Waals surface area contributed by atoms with E-state index in [-0.39, 0.29) is 0 Å². The highest BCUT2D eigenvalue weighted by Gasteiger charge is 2.16. The first-order valence-corrected chi connectivity index (χ1v) is 10.3. The Morgan fingerprint density at radius 3 is 1.96 bits per heavy atom. The minimum atomic E-state index is 0.696. The molecule has 8 heteroatoms. The number of hydrogen-bond acceptors (Lipinski definition) is 6. The van der Waals surface area contributed by atoms with Crippen LogP contribution in [0.4, 0.5) is 11.4 Å². The third-order valence-corrected chi connectivity index (χ3v) is 5.68. The smallest absolute Gasteiger partial charge is 0.0822 e. The molecular weight excluding hydrogens is 356 g/mol. The van der Waals surface area contributed by atoms with E-state index >= 15 is 0 Å². The van der Waals surface area contributed by atoms with Crippen molar-refractivity contribution in [2.75, 3.05) is 37.9 Å². The Morgan fingerprint density at radius 1 is 0.929 bits per heavy atom. The van der Waals surface area contributed by atoms with E-state index < -0.39 is 0 Å². The van der Waals surface area contributed by atoms with Crippen molar-refractivity contribution in [1.29, 1.82) is 0 Å². The maximum Gasteiger partial charge on any atom is 0.0822 e. The highest BCUT2D eigenvalue weighted by molar-refractivity contribution is 5.40. The first kappa shape index (κ1) is 20.7. The molecule has 0 saturated carbocycles. The maximum absolute atomic E-state index is 5.74. The van der Waals surface area contributed by atoms with Crippen molar-refractivity contribution in [1.82, 2.24) is 19.6 Å². The second-order valence-electron chi connectivity index (χ2n) is 7.87. The van der Waals surface area contributed by atoms with Crippen LogP contribution >= 0.6 is 0 Å². The van der Waals surface area contributed by atoms with Gasteiger partial charge in [0.2, 0.25) is 0 Å². The van der Waals surface area contributed by atoms with Crippen molar-refractivity contribution in [3.05, 3.63) is 23.8 Å². The van der Waals surface area contributed by atoms with E-state index in [4.69, 9.17) is 20.9 Å². The Kier molecular flexibility index (Phi) is 7.33. The molecule has 0 amide bonds. The van der Waals surface area contributed by atoms with Crippen LogP contribution in [-0.2, 0) is 22.6 Å². The van der Waals surface area contributed by atoms with Crippen molar-refractivity contribution in [2.45, 2.75) is 52.6 Å². The summed E-state index contributed by atoms with van der Waals surface area (Å²) in [5.41, 5.74) is 15.1. The lowest BCUT2D eigenvalue weighted by atomic mass is 10.0. The molecule has 2 aliphatic rings. The van der Waals surface area contributed by atoms with Crippen LogP contribution in [0, 0.1) is 25.7 Å². The van der Waals surface area contributed by atoms with Crippen LogP contribution in [-0.4, -0.2) is 46.0 Å². The summed E-state index contributed by atoms with van der Waals surface area (Å²) >= 11 is 0. The van der Waals surface area contributed by atoms with Gasteiger partial charge in [0, 0.05) is 45.7 Å². The van der Waals surface area contributed by atoms with Crippen molar-refractivity contribution in [2.24, 2.45) is 11.8 Å². The molecule has 2 aliphatic heterocycles. The van der Waals surface area contributed by atoms with Crippen molar-refractivity contribution in [3.63, 3.8) is 0 Å². The average molecular weight is 391 g/mol. The van der Waals surface area contributed by atoms with Crippen LogP contribution in [0.2, 0.25) is 0 Å². The van der Waals surface area contributed by atoms with E-state index in [1.165, 1.54) is 0 Å². The first-order valence-electron chi connectivity index (χ1n) is 10.3. The molecular formula is C20H34N6O2. The van der Waals surface area contributed by atoms with E-state index in [0.29, 0.717) is 11.8 Å². The van der Waals surface area contributed by atoms with Gasteiger partial charge >= 0.3 is 0 Å². The SMILES string of the molecule is Cc1c(N)cnn1CC1CCOCC1.Cc1nn(CC2CCOCC2)cc1N. The summed E-state index contributed by atoms with van der Waals surface area (Å²) in [5.74, 6) is 1.39. The van der Waals surface area contributed by atoms with Gasteiger partial charge < -0.3 is 20.9 Å². The molecule has 2 saturated heterocycles. The number of ether oxygens (including phenoxy) is 2. The van der Waals surface area contributed by atoms with E-state index in [2.05, 4.69) is 10.2 Å². The summed E-state index contributed by atoms with van der Waals surface area (Å²) < 4.78 is 14.6. The van der Waals surface area contributed by atoms with Crippen molar-refractivity contribution >= 4 is 11.4 Å². The predicted molar refractivity (Wildman–Crippen MR) is 110 cm³/mol. The zero-order chi connectivity index (χ0) is 19.9. The highest BCUT2D eigenvalue weighted by Crippen LogP contribution is 2.19. The molecule has 2 fully saturated rings. The molecule has 8 nitrogen and oxygen atoms in total. The zero-order valence-corrected chi connectivity index (χ0v) is 17.1. The molecule has 0 spiro atoms. The Hall–Kier alpha value is -2.06. The summed E-state index contributed by atoms with van der Waals surface area (Å²) in [6.45, 7) is 9.47. The summed E-state index contributed by atoms with van der Waals surface area (Å²) in [6, 6.07) is 0. The number of aryl methyl sites for hydroxylation is 1. The lowest BCUT2D eigenvalue weighted by molar-refractivity contribution is 0.0599. The number of nitrogens with zero attached hydrogens (tertiary/aromatic N) is 4. The van der Waals surface area contributed by atoms with E-state index in [0.717, 1.165) is 88.0 Å². The second-order valence-corrected chi connectivity index (χ2v) is 7.87. The number of rotatable bonds is 4. The van der Waals surface area contributed by atoms with Gasteiger partial charge in [0.05, 0.1) is 29.0 Å². The third-order valence-electron chi connectivity index (χ3n) is 5.68. The second kappa shape index (κ2) is 9.93. The summed E-state index contributed by atoms with van der Waals surface area (Å²) in [4.78, 5) is 0. The Balaban J connectivity index is 0.000000161. The zero-order valence-electron chi connectivity index (χ0n) is 17.1. The monoisotopic (exact) mass is 390 g/mol. The Morgan fingerprint density at radius 2 is 1.50 bits per heavy atom. The molecule has 2 aromatic heterocycles. The van der Waals surface area contributed by atoms with Gasteiger partial charge in [-0.15, -0.1) is 0 Å². The van der Waals surface area contributed by atoms with Crippen LogP contribution in [0.3, 0.4) is 0 Å². The predicted octanol–water partition coefficient (Wildman–Crippen LogP) is 2.40. The van der Waals surface area contributed by atoms with Gasteiger partial charge in [0.25, 0.3) is 0 Å². The molecule has 0 bridgehead atoms. The molecule has 28 heavy (non-hydrogen) atoms. The summed E-state index contributed by atoms with van der Waals surface area (Å²) in [7, 11) is 0. The summed E-state index contributed by atoms with van der Waals surface area (Å²) in [5, 5.41) is 8.62. The summed E-state index contributed by atoms with van der Waals surface area (Å²) in [6.07, 6.45) is 8.20. The molecule has 0 radical (unpaired) electrons. The molecule has 4 heterocycles. The van der Waals surface area contributed by atoms with E-state index in [9.17, 15) is 0 Å². The Labute approximate surface area is 167 Å². The van der Waals surface area contributed by atoms with E-state index in [1.807, 2.05) is 29.4 Å². The molecule has 0 unspecified atom stereocenters. The fourth-order valence-corrected chi connectivity index (χ4v) is 3.64. The number of nitrogen functional groups attached to an aromatic ring is 2. The number of nitrogens with two attached hydrogens (primary N) is 2. The van der Waals surface area contributed by atoms with Gasteiger partial charge in [-0.25, -0.2) is 0 Å². The van der Waals surface area contributed by atoms with E-state index in [1.54, 1.807) is 6.20 Å². The highest BCUT2D eigenvalue weighted by atomic mass is 16.5. The van der Waals surface area contributed by atoms with Crippen LogP contribution in [0.1, 0.15) is 37.1 Å². The van der Waals surface area contributed by atoms with Gasteiger partial charge in [-0.1, -0.05) is 0 Å². The molecule has 2 aromatic rings.